The molecule has 13 heavy (non-hydrogen) atoms. The van der Waals surface area contributed by atoms with E-state index < -0.39 is 0 Å². The SMILES string of the molecule is CCC(C)C(=O)Nc1ncccn1. The maximum absolute atomic E-state index is 11.4. The Morgan fingerprint density at radius 2 is 2.15 bits per heavy atom. The van der Waals surface area contributed by atoms with Crippen LogP contribution < -0.4 is 5.32 Å². The molecular formula is C9H13N3O. The lowest BCUT2D eigenvalue weighted by atomic mass is 10.1. The highest BCUT2D eigenvalue weighted by Gasteiger charge is 2.10. The average Bonchev–Trinajstić information content (AvgIpc) is 2.18. The molecule has 0 spiro atoms. The molecule has 0 aliphatic carbocycles. The van der Waals surface area contributed by atoms with Gasteiger partial charge in [0.25, 0.3) is 0 Å². The molecule has 0 bridgehead atoms. The molecule has 0 radical (unpaired) electrons. The molecule has 0 saturated carbocycles. The summed E-state index contributed by atoms with van der Waals surface area (Å²) in [6, 6.07) is 1.71. The summed E-state index contributed by atoms with van der Waals surface area (Å²) in [5, 5.41) is 2.63. The smallest absolute Gasteiger partial charge is 0.229 e. The number of hydrogen-bond donors (Lipinski definition) is 1. The summed E-state index contributed by atoms with van der Waals surface area (Å²) in [7, 11) is 0. The zero-order valence-corrected chi connectivity index (χ0v) is 7.82. The standard InChI is InChI=1S/C9H13N3O/c1-3-7(2)8(13)12-9-10-5-4-6-11-9/h4-7H,3H2,1-2H3,(H,10,11,12,13). The molecule has 1 N–H and O–H groups in total. The fourth-order valence-electron chi connectivity index (χ4n) is 0.782. The molecule has 1 aromatic heterocycles. The Kier molecular flexibility index (Phi) is 3.37. The van der Waals surface area contributed by atoms with Crippen molar-refractivity contribution in [3.05, 3.63) is 18.5 Å². The van der Waals surface area contributed by atoms with Crippen LogP contribution in [0.5, 0.6) is 0 Å². The molecule has 70 valence electrons. The molecule has 0 aliphatic rings. The van der Waals surface area contributed by atoms with Gasteiger partial charge in [0, 0.05) is 18.3 Å². The van der Waals surface area contributed by atoms with Crippen molar-refractivity contribution in [1.29, 1.82) is 0 Å². The van der Waals surface area contributed by atoms with Crippen molar-refractivity contribution < 1.29 is 4.79 Å². The van der Waals surface area contributed by atoms with Crippen molar-refractivity contribution in [1.82, 2.24) is 9.97 Å². The van der Waals surface area contributed by atoms with Crippen LogP contribution >= 0.6 is 0 Å². The summed E-state index contributed by atoms with van der Waals surface area (Å²) < 4.78 is 0. The number of nitrogens with one attached hydrogen (secondary N) is 1. The third kappa shape index (κ3) is 2.82. The Balaban J connectivity index is 2.55. The predicted octanol–water partition coefficient (Wildman–Crippen LogP) is 1.46. The Bertz CT molecular complexity index is 273. The topological polar surface area (TPSA) is 54.9 Å². The molecule has 1 rings (SSSR count). The molecule has 0 saturated heterocycles. The third-order valence-corrected chi connectivity index (χ3v) is 1.86. The van der Waals surface area contributed by atoms with Crippen LogP contribution in [-0.4, -0.2) is 15.9 Å². The van der Waals surface area contributed by atoms with E-state index in [1.165, 1.54) is 0 Å². The molecule has 4 heteroatoms. The van der Waals surface area contributed by atoms with Crippen LogP contribution in [0.4, 0.5) is 5.95 Å². The van der Waals surface area contributed by atoms with Crippen molar-refractivity contribution in [3.8, 4) is 0 Å². The zero-order chi connectivity index (χ0) is 9.68. The van der Waals surface area contributed by atoms with Gasteiger partial charge in [-0.3, -0.25) is 10.1 Å². The van der Waals surface area contributed by atoms with Crippen LogP contribution in [0.3, 0.4) is 0 Å². The van der Waals surface area contributed by atoms with Crippen LogP contribution in [0.1, 0.15) is 20.3 Å². The van der Waals surface area contributed by atoms with Gasteiger partial charge in [0.1, 0.15) is 0 Å². The van der Waals surface area contributed by atoms with Crippen molar-refractivity contribution in [2.24, 2.45) is 5.92 Å². The van der Waals surface area contributed by atoms with Gasteiger partial charge >= 0.3 is 0 Å². The van der Waals surface area contributed by atoms with E-state index in [-0.39, 0.29) is 11.8 Å². The monoisotopic (exact) mass is 179 g/mol. The number of carbonyl (C=O) groups excluding carboxylic acids is 1. The highest BCUT2D eigenvalue weighted by Crippen LogP contribution is 2.04. The minimum absolute atomic E-state index is 0.00352. The van der Waals surface area contributed by atoms with Crippen molar-refractivity contribution >= 4 is 11.9 Å². The lowest BCUT2D eigenvalue weighted by Crippen LogP contribution is -2.20. The molecule has 1 unspecified atom stereocenters. The van der Waals surface area contributed by atoms with Gasteiger partial charge in [-0.25, -0.2) is 9.97 Å². The fourth-order valence-corrected chi connectivity index (χ4v) is 0.782. The van der Waals surface area contributed by atoms with Gasteiger partial charge in [0.2, 0.25) is 11.9 Å². The number of rotatable bonds is 3. The van der Waals surface area contributed by atoms with Crippen LogP contribution in [-0.2, 0) is 4.79 Å². The predicted molar refractivity (Wildman–Crippen MR) is 50.1 cm³/mol. The van der Waals surface area contributed by atoms with E-state index >= 15 is 0 Å². The molecule has 1 aromatic rings. The molecule has 0 aromatic carbocycles. The Hall–Kier alpha value is -1.45. The van der Waals surface area contributed by atoms with Crippen molar-refractivity contribution in [3.63, 3.8) is 0 Å². The summed E-state index contributed by atoms with van der Waals surface area (Å²) in [6.45, 7) is 3.84. The zero-order valence-electron chi connectivity index (χ0n) is 7.82. The number of carbonyl (C=O) groups is 1. The second kappa shape index (κ2) is 4.54. The lowest BCUT2D eigenvalue weighted by molar-refractivity contribution is -0.119. The van der Waals surface area contributed by atoms with E-state index in [0.717, 1.165) is 6.42 Å². The first-order chi connectivity index (χ1) is 6.24. The maximum Gasteiger partial charge on any atom is 0.229 e. The largest absolute Gasteiger partial charge is 0.294 e. The first-order valence-corrected chi connectivity index (χ1v) is 4.32. The van der Waals surface area contributed by atoms with Crippen LogP contribution in [0.25, 0.3) is 0 Å². The normalized spacial score (nSPS) is 12.2. The first-order valence-electron chi connectivity index (χ1n) is 4.32. The molecule has 1 heterocycles. The summed E-state index contributed by atoms with van der Waals surface area (Å²) in [5.74, 6) is 0.338. The van der Waals surface area contributed by atoms with Crippen molar-refractivity contribution in [2.45, 2.75) is 20.3 Å². The maximum atomic E-state index is 11.4. The highest BCUT2D eigenvalue weighted by atomic mass is 16.2. The van der Waals surface area contributed by atoms with Crippen LogP contribution in [0.2, 0.25) is 0 Å². The number of hydrogen-bond acceptors (Lipinski definition) is 3. The van der Waals surface area contributed by atoms with Crippen LogP contribution in [0.15, 0.2) is 18.5 Å². The van der Waals surface area contributed by atoms with E-state index in [4.69, 9.17) is 0 Å². The summed E-state index contributed by atoms with van der Waals surface area (Å²) in [5.41, 5.74) is 0. The Morgan fingerprint density at radius 3 is 2.69 bits per heavy atom. The van der Waals surface area contributed by atoms with E-state index in [9.17, 15) is 4.79 Å². The van der Waals surface area contributed by atoms with Gasteiger partial charge in [-0.1, -0.05) is 13.8 Å². The van der Waals surface area contributed by atoms with E-state index in [0.29, 0.717) is 5.95 Å². The van der Waals surface area contributed by atoms with Gasteiger partial charge in [-0.2, -0.15) is 0 Å². The van der Waals surface area contributed by atoms with Gasteiger partial charge in [-0.05, 0) is 12.5 Å². The third-order valence-electron chi connectivity index (χ3n) is 1.86. The molecule has 0 aliphatic heterocycles. The number of amides is 1. The highest BCUT2D eigenvalue weighted by molar-refractivity contribution is 5.90. The fraction of sp³-hybridized carbons (Fsp3) is 0.444. The summed E-state index contributed by atoms with van der Waals surface area (Å²) >= 11 is 0. The molecule has 1 atom stereocenters. The van der Waals surface area contributed by atoms with Gasteiger partial charge < -0.3 is 0 Å². The molecule has 1 amide bonds. The Morgan fingerprint density at radius 1 is 1.54 bits per heavy atom. The minimum Gasteiger partial charge on any atom is -0.294 e. The van der Waals surface area contributed by atoms with Gasteiger partial charge in [-0.15, -0.1) is 0 Å². The Labute approximate surface area is 77.4 Å². The number of aromatic nitrogens is 2. The second-order valence-electron chi connectivity index (χ2n) is 2.87. The quantitative estimate of drug-likeness (QED) is 0.764. The molecule has 0 fully saturated rings. The molecular weight excluding hydrogens is 166 g/mol. The number of anilines is 1. The van der Waals surface area contributed by atoms with Gasteiger partial charge in [0.05, 0.1) is 0 Å². The average molecular weight is 179 g/mol. The van der Waals surface area contributed by atoms with Crippen molar-refractivity contribution in [2.75, 3.05) is 5.32 Å². The molecule has 4 nitrogen and oxygen atoms in total. The number of nitrogens with zero attached hydrogens (tertiary/aromatic N) is 2. The summed E-state index contributed by atoms with van der Waals surface area (Å²) in [6.07, 6.45) is 4.01. The van der Waals surface area contributed by atoms with Crippen LogP contribution in [0, 0.1) is 5.92 Å². The van der Waals surface area contributed by atoms with E-state index in [1.807, 2.05) is 13.8 Å². The van der Waals surface area contributed by atoms with E-state index in [2.05, 4.69) is 15.3 Å². The first kappa shape index (κ1) is 9.64. The minimum atomic E-state index is -0.0336. The van der Waals surface area contributed by atoms with Gasteiger partial charge in [0.15, 0.2) is 0 Å². The lowest BCUT2D eigenvalue weighted by Gasteiger charge is -2.07. The van der Waals surface area contributed by atoms with E-state index in [1.54, 1.807) is 18.5 Å². The summed E-state index contributed by atoms with van der Waals surface area (Å²) in [4.78, 5) is 19.1. The second-order valence-corrected chi connectivity index (χ2v) is 2.87.